The van der Waals surface area contributed by atoms with Gasteiger partial charge in [0.05, 0.1) is 19.4 Å². The van der Waals surface area contributed by atoms with Gasteiger partial charge in [-0.05, 0) is 6.92 Å². The molecule has 2 N–H and O–H groups in total. The molecule has 1 aliphatic rings. The van der Waals surface area contributed by atoms with E-state index in [9.17, 15) is 9.11 Å². The van der Waals surface area contributed by atoms with Gasteiger partial charge in [-0.2, -0.15) is 10.6 Å². The molecule has 0 unspecified atom stereocenters. The predicted molar refractivity (Wildman–Crippen MR) is 69.8 cm³/mol. The van der Waals surface area contributed by atoms with E-state index in [2.05, 4.69) is 4.98 Å². The normalized spacial score (nSPS) is 19.6. The van der Waals surface area contributed by atoms with Gasteiger partial charge < -0.3 is 9.47 Å². The summed E-state index contributed by atoms with van der Waals surface area (Å²) in [6.07, 6.45) is 2.84. The SMILES string of the molecule is CC.CC1(c2ncc(S(C)(O)O)s2)OCCO1. The Labute approximate surface area is 107 Å². The second-order valence-electron chi connectivity index (χ2n) is 3.46. The smallest absolute Gasteiger partial charge is 0.219 e. The van der Waals surface area contributed by atoms with Crippen molar-refractivity contribution in [1.29, 1.82) is 0 Å². The lowest BCUT2D eigenvalue weighted by Gasteiger charge is -2.24. The molecule has 7 heteroatoms. The lowest BCUT2D eigenvalue weighted by molar-refractivity contribution is -0.149. The van der Waals surface area contributed by atoms with Crippen molar-refractivity contribution in [2.45, 2.75) is 30.8 Å². The van der Waals surface area contributed by atoms with E-state index in [0.717, 1.165) is 0 Å². The van der Waals surface area contributed by atoms with Crippen molar-refractivity contribution in [1.82, 2.24) is 4.98 Å². The van der Waals surface area contributed by atoms with Gasteiger partial charge in [0.15, 0.2) is 5.01 Å². The third-order valence-corrected chi connectivity index (χ3v) is 5.13. The molecular formula is C10H19NO4S2. The highest BCUT2D eigenvalue weighted by Crippen LogP contribution is 2.49. The van der Waals surface area contributed by atoms with Crippen molar-refractivity contribution in [3.63, 3.8) is 0 Å². The topological polar surface area (TPSA) is 71.8 Å². The zero-order valence-electron chi connectivity index (χ0n) is 10.5. The number of thiazole rings is 1. The number of aromatic nitrogens is 1. The van der Waals surface area contributed by atoms with Crippen LogP contribution < -0.4 is 0 Å². The molecule has 0 aromatic carbocycles. The van der Waals surface area contributed by atoms with Crippen LogP contribution in [0, 0.1) is 0 Å². The van der Waals surface area contributed by atoms with Crippen LogP contribution in [0.1, 0.15) is 25.8 Å². The first-order chi connectivity index (χ1) is 7.92. The van der Waals surface area contributed by atoms with Gasteiger partial charge >= 0.3 is 0 Å². The van der Waals surface area contributed by atoms with Crippen LogP contribution in [0.15, 0.2) is 10.4 Å². The Balaban J connectivity index is 0.000000686. The fraction of sp³-hybridized carbons (Fsp3) is 0.700. The summed E-state index contributed by atoms with van der Waals surface area (Å²) >= 11 is 1.21. The first kappa shape index (κ1) is 14.9. The van der Waals surface area contributed by atoms with Crippen LogP contribution in [-0.4, -0.2) is 33.6 Å². The Morgan fingerprint density at radius 2 is 1.88 bits per heavy atom. The lowest BCUT2D eigenvalue weighted by Crippen LogP contribution is -2.21. The molecule has 2 rings (SSSR count). The molecular weight excluding hydrogens is 262 g/mol. The maximum absolute atomic E-state index is 9.46. The van der Waals surface area contributed by atoms with Crippen LogP contribution in [0.3, 0.4) is 0 Å². The van der Waals surface area contributed by atoms with Gasteiger partial charge in [0.2, 0.25) is 5.79 Å². The highest BCUT2D eigenvalue weighted by atomic mass is 32.3. The molecule has 0 atom stereocenters. The van der Waals surface area contributed by atoms with E-state index in [1.165, 1.54) is 23.8 Å². The van der Waals surface area contributed by atoms with Crippen molar-refractivity contribution >= 4 is 21.9 Å². The quantitative estimate of drug-likeness (QED) is 0.871. The van der Waals surface area contributed by atoms with Crippen molar-refractivity contribution < 1.29 is 18.6 Å². The molecule has 2 heterocycles. The Morgan fingerprint density at radius 1 is 1.35 bits per heavy atom. The molecule has 0 aliphatic carbocycles. The molecule has 1 aromatic heterocycles. The first-order valence-corrected chi connectivity index (χ1v) is 8.16. The van der Waals surface area contributed by atoms with E-state index >= 15 is 0 Å². The fourth-order valence-electron chi connectivity index (χ4n) is 1.29. The fourth-order valence-corrected chi connectivity index (χ4v) is 3.11. The monoisotopic (exact) mass is 281 g/mol. The van der Waals surface area contributed by atoms with Gasteiger partial charge in [0.1, 0.15) is 4.21 Å². The van der Waals surface area contributed by atoms with Crippen LogP contribution in [-0.2, 0) is 15.3 Å². The van der Waals surface area contributed by atoms with E-state index in [1.807, 2.05) is 13.8 Å². The standard InChI is InChI=1S/C8H13NO4S2.C2H6/c1-8(12-3-4-13-8)7-9-5-6(14-7)15(2,10)11;1-2/h5,10-11H,3-4H2,1-2H3;1-2H3. The van der Waals surface area contributed by atoms with Crippen LogP contribution in [0.5, 0.6) is 0 Å². The molecule has 0 radical (unpaired) electrons. The lowest BCUT2D eigenvalue weighted by atomic mass is 10.3. The van der Waals surface area contributed by atoms with Gasteiger partial charge in [0.25, 0.3) is 0 Å². The number of hydrogen-bond donors (Lipinski definition) is 2. The molecule has 5 nitrogen and oxygen atoms in total. The van der Waals surface area contributed by atoms with E-state index in [4.69, 9.17) is 9.47 Å². The Morgan fingerprint density at radius 3 is 2.29 bits per heavy atom. The van der Waals surface area contributed by atoms with E-state index in [0.29, 0.717) is 22.4 Å². The van der Waals surface area contributed by atoms with E-state index in [1.54, 1.807) is 6.92 Å². The summed E-state index contributed by atoms with van der Waals surface area (Å²) in [5.41, 5.74) is 0. The molecule has 1 saturated heterocycles. The van der Waals surface area contributed by atoms with Crippen molar-refractivity contribution in [2.24, 2.45) is 0 Å². The summed E-state index contributed by atoms with van der Waals surface area (Å²) in [6, 6.07) is 0. The highest BCUT2D eigenvalue weighted by molar-refractivity contribution is 8.25. The third-order valence-electron chi connectivity index (χ3n) is 2.09. The molecule has 1 aromatic rings. The Bertz CT molecular complexity index is 355. The zero-order chi connectivity index (χ0) is 13.1. The van der Waals surface area contributed by atoms with E-state index in [-0.39, 0.29) is 0 Å². The molecule has 0 spiro atoms. The number of rotatable bonds is 2. The van der Waals surface area contributed by atoms with E-state index < -0.39 is 16.4 Å². The van der Waals surface area contributed by atoms with Crippen molar-refractivity contribution in [2.75, 3.05) is 19.5 Å². The van der Waals surface area contributed by atoms with Gasteiger partial charge in [-0.15, -0.1) is 0 Å². The highest BCUT2D eigenvalue weighted by Gasteiger charge is 2.36. The summed E-state index contributed by atoms with van der Waals surface area (Å²) in [6.45, 7) is 6.85. The number of ether oxygens (including phenoxy) is 2. The predicted octanol–water partition coefficient (Wildman–Crippen LogP) is 3.13. The average molecular weight is 281 g/mol. The van der Waals surface area contributed by atoms with Crippen molar-refractivity contribution in [3.8, 4) is 0 Å². The molecule has 17 heavy (non-hydrogen) atoms. The molecule has 100 valence electrons. The summed E-state index contributed by atoms with van der Waals surface area (Å²) in [7, 11) is -2.69. The average Bonchev–Trinajstić information content (AvgIpc) is 2.88. The van der Waals surface area contributed by atoms with Gasteiger partial charge in [-0.3, -0.25) is 9.11 Å². The Kier molecular flexibility index (Phi) is 4.94. The molecule has 0 saturated carbocycles. The molecule has 0 bridgehead atoms. The number of nitrogens with zero attached hydrogens (tertiary/aromatic N) is 1. The van der Waals surface area contributed by atoms with Crippen molar-refractivity contribution in [3.05, 3.63) is 11.2 Å². The minimum Gasteiger partial charge on any atom is -0.342 e. The second kappa shape index (κ2) is 5.64. The largest absolute Gasteiger partial charge is 0.342 e. The van der Waals surface area contributed by atoms with Crippen LogP contribution in [0.25, 0.3) is 0 Å². The third kappa shape index (κ3) is 3.40. The maximum atomic E-state index is 9.46. The second-order valence-corrected chi connectivity index (χ2v) is 6.86. The van der Waals surface area contributed by atoms with Gasteiger partial charge in [0, 0.05) is 6.26 Å². The minimum absolute atomic E-state index is 0.456. The summed E-state index contributed by atoms with van der Waals surface area (Å²) < 4.78 is 30.2. The maximum Gasteiger partial charge on any atom is 0.219 e. The number of hydrogen-bond acceptors (Lipinski definition) is 6. The summed E-state index contributed by atoms with van der Waals surface area (Å²) in [5.74, 6) is -0.826. The van der Waals surface area contributed by atoms with Crippen LogP contribution >= 0.6 is 21.9 Å². The summed E-state index contributed by atoms with van der Waals surface area (Å²) in [4.78, 5) is 4.11. The Hall–Kier alpha value is -0.180. The summed E-state index contributed by atoms with van der Waals surface area (Å²) in [5, 5.41) is 0.622. The molecule has 1 fully saturated rings. The van der Waals surface area contributed by atoms with Crippen LogP contribution in [0.4, 0.5) is 0 Å². The first-order valence-electron chi connectivity index (χ1n) is 5.39. The molecule has 1 aliphatic heterocycles. The zero-order valence-corrected chi connectivity index (χ0v) is 12.1. The minimum atomic E-state index is -2.69. The van der Waals surface area contributed by atoms with Crippen LogP contribution in [0.2, 0.25) is 0 Å². The molecule has 0 amide bonds. The van der Waals surface area contributed by atoms with Gasteiger partial charge in [-0.1, -0.05) is 25.2 Å². The van der Waals surface area contributed by atoms with Gasteiger partial charge in [-0.25, -0.2) is 4.98 Å².